The Morgan fingerprint density at radius 2 is 1.65 bits per heavy atom. The smallest absolute Gasteiger partial charge is 0.259 e. The molecule has 0 radical (unpaired) electrons. The number of para-hydroxylation sites is 1. The van der Waals surface area contributed by atoms with Crippen LogP contribution in [0, 0.1) is 34.6 Å². The van der Waals surface area contributed by atoms with Gasteiger partial charge in [0.2, 0.25) is 0 Å². The zero-order valence-corrected chi connectivity index (χ0v) is 14.2. The number of benzene rings is 2. The Hall–Kier alpha value is -2.55. The molecule has 23 heavy (non-hydrogen) atoms. The van der Waals surface area contributed by atoms with Crippen LogP contribution in [-0.4, -0.2) is 5.91 Å². The highest BCUT2D eigenvalue weighted by atomic mass is 16.3. The molecule has 0 saturated heterocycles. The maximum atomic E-state index is 12.8. The molecule has 3 aromatic rings. The molecule has 0 aliphatic heterocycles. The number of carbonyl (C=O) groups excluding carboxylic acids is 1. The van der Waals surface area contributed by atoms with Gasteiger partial charge in [0.1, 0.15) is 11.3 Å². The maximum absolute atomic E-state index is 12.8. The van der Waals surface area contributed by atoms with Gasteiger partial charge in [-0.1, -0.05) is 29.8 Å². The molecule has 0 atom stereocenters. The van der Waals surface area contributed by atoms with Crippen molar-refractivity contribution in [2.75, 3.05) is 5.32 Å². The Kier molecular flexibility index (Phi) is 3.72. The molecule has 0 saturated carbocycles. The van der Waals surface area contributed by atoms with E-state index in [4.69, 9.17) is 4.42 Å². The van der Waals surface area contributed by atoms with Gasteiger partial charge in [0.05, 0.1) is 5.56 Å². The highest BCUT2D eigenvalue weighted by Crippen LogP contribution is 2.29. The molecular formula is C20H21NO2. The van der Waals surface area contributed by atoms with Crippen molar-refractivity contribution in [1.82, 2.24) is 0 Å². The molecule has 0 aliphatic carbocycles. The van der Waals surface area contributed by atoms with Crippen molar-refractivity contribution in [3.63, 3.8) is 0 Å². The fourth-order valence-electron chi connectivity index (χ4n) is 3.10. The maximum Gasteiger partial charge on any atom is 0.259 e. The molecule has 0 spiro atoms. The molecule has 3 nitrogen and oxygen atoms in total. The van der Waals surface area contributed by atoms with Crippen LogP contribution in [-0.2, 0) is 0 Å². The quantitative estimate of drug-likeness (QED) is 0.704. The van der Waals surface area contributed by atoms with Crippen LogP contribution in [0.15, 0.2) is 34.7 Å². The second-order valence-electron chi connectivity index (χ2n) is 6.19. The molecule has 1 N–H and O–H groups in total. The number of aryl methyl sites for hydroxylation is 5. The molecular weight excluding hydrogens is 286 g/mol. The monoisotopic (exact) mass is 307 g/mol. The summed E-state index contributed by atoms with van der Waals surface area (Å²) in [7, 11) is 0. The van der Waals surface area contributed by atoms with E-state index in [2.05, 4.69) is 24.4 Å². The van der Waals surface area contributed by atoms with Gasteiger partial charge < -0.3 is 9.73 Å². The molecule has 1 heterocycles. The predicted octanol–water partition coefficient (Wildman–Crippen LogP) is 5.23. The van der Waals surface area contributed by atoms with Gasteiger partial charge in [-0.2, -0.15) is 0 Å². The van der Waals surface area contributed by atoms with Crippen molar-refractivity contribution >= 4 is 22.6 Å². The first kappa shape index (κ1) is 15.3. The number of carbonyl (C=O) groups is 1. The normalized spacial score (nSPS) is 11.0. The zero-order chi connectivity index (χ0) is 16.7. The van der Waals surface area contributed by atoms with Gasteiger partial charge in [-0.05, 0) is 57.4 Å². The molecule has 3 heteroatoms. The van der Waals surface area contributed by atoms with Crippen LogP contribution in [0.25, 0.3) is 11.0 Å². The first-order valence-corrected chi connectivity index (χ1v) is 7.76. The fourth-order valence-corrected chi connectivity index (χ4v) is 3.10. The van der Waals surface area contributed by atoms with Crippen LogP contribution in [0.3, 0.4) is 0 Å². The van der Waals surface area contributed by atoms with Gasteiger partial charge in [0.25, 0.3) is 5.91 Å². The van der Waals surface area contributed by atoms with Crippen molar-refractivity contribution in [3.8, 4) is 0 Å². The number of amides is 1. The number of rotatable bonds is 2. The van der Waals surface area contributed by atoms with E-state index >= 15 is 0 Å². The van der Waals surface area contributed by atoms with Crippen molar-refractivity contribution in [3.05, 3.63) is 63.9 Å². The topological polar surface area (TPSA) is 42.2 Å². The minimum absolute atomic E-state index is 0.139. The van der Waals surface area contributed by atoms with Crippen LogP contribution in [0.5, 0.6) is 0 Å². The van der Waals surface area contributed by atoms with E-state index < -0.39 is 0 Å². The lowest BCUT2D eigenvalue weighted by molar-refractivity contribution is 0.102. The Morgan fingerprint density at radius 3 is 2.30 bits per heavy atom. The minimum atomic E-state index is -0.139. The minimum Gasteiger partial charge on any atom is -0.460 e. The van der Waals surface area contributed by atoms with Crippen molar-refractivity contribution in [1.29, 1.82) is 0 Å². The summed E-state index contributed by atoms with van der Waals surface area (Å²) in [5, 5.41) is 4.04. The Morgan fingerprint density at radius 1 is 1.00 bits per heavy atom. The molecule has 0 bridgehead atoms. The molecule has 0 aliphatic rings. The van der Waals surface area contributed by atoms with E-state index in [1.54, 1.807) is 6.07 Å². The Labute approximate surface area is 136 Å². The summed E-state index contributed by atoms with van der Waals surface area (Å²) in [6, 6.07) is 9.84. The van der Waals surface area contributed by atoms with Crippen molar-refractivity contribution in [2.24, 2.45) is 0 Å². The van der Waals surface area contributed by atoms with Crippen LogP contribution >= 0.6 is 0 Å². The second-order valence-corrected chi connectivity index (χ2v) is 6.19. The first-order chi connectivity index (χ1) is 10.9. The molecule has 118 valence electrons. The number of hydrogen-bond donors (Lipinski definition) is 1. The highest BCUT2D eigenvalue weighted by Gasteiger charge is 2.17. The predicted molar refractivity (Wildman–Crippen MR) is 94.3 cm³/mol. The third-order valence-electron chi connectivity index (χ3n) is 4.36. The number of fused-ring (bicyclic) bond motifs is 1. The largest absolute Gasteiger partial charge is 0.460 e. The highest BCUT2D eigenvalue weighted by molar-refractivity contribution is 6.12. The van der Waals surface area contributed by atoms with Gasteiger partial charge in [-0.3, -0.25) is 4.79 Å². The first-order valence-electron chi connectivity index (χ1n) is 7.76. The van der Waals surface area contributed by atoms with E-state index in [0.29, 0.717) is 11.1 Å². The molecule has 0 fully saturated rings. The van der Waals surface area contributed by atoms with E-state index in [-0.39, 0.29) is 5.91 Å². The summed E-state index contributed by atoms with van der Waals surface area (Å²) < 4.78 is 5.81. The average molecular weight is 307 g/mol. The van der Waals surface area contributed by atoms with Gasteiger partial charge in [-0.15, -0.1) is 0 Å². The van der Waals surface area contributed by atoms with Crippen LogP contribution < -0.4 is 5.32 Å². The number of hydrogen-bond acceptors (Lipinski definition) is 2. The summed E-state index contributed by atoms with van der Waals surface area (Å²) in [5.74, 6) is 0.711. The third-order valence-corrected chi connectivity index (χ3v) is 4.36. The number of furan rings is 1. The number of anilines is 1. The SMILES string of the molecule is Cc1cc(C)c(NC(=O)c2cccc3c(C)c(C)oc23)c(C)c1. The van der Waals surface area contributed by atoms with Crippen LogP contribution in [0.1, 0.15) is 38.4 Å². The van der Waals surface area contributed by atoms with Gasteiger partial charge in [0.15, 0.2) is 0 Å². The molecule has 3 rings (SSSR count). The van der Waals surface area contributed by atoms with Crippen molar-refractivity contribution in [2.45, 2.75) is 34.6 Å². The van der Waals surface area contributed by atoms with Crippen molar-refractivity contribution < 1.29 is 9.21 Å². The number of nitrogens with one attached hydrogen (secondary N) is 1. The van der Waals surface area contributed by atoms with E-state index in [0.717, 1.165) is 33.5 Å². The lowest BCUT2D eigenvalue weighted by Crippen LogP contribution is -2.14. The van der Waals surface area contributed by atoms with Gasteiger partial charge in [-0.25, -0.2) is 0 Å². The van der Waals surface area contributed by atoms with E-state index in [1.165, 1.54) is 5.56 Å². The average Bonchev–Trinajstić information content (AvgIpc) is 2.78. The lowest BCUT2D eigenvalue weighted by atomic mass is 10.0. The Balaban J connectivity index is 2.04. The second kappa shape index (κ2) is 5.58. The van der Waals surface area contributed by atoms with E-state index in [9.17, 15) is 4.79 Å². The molecule has 1 aromatic heterocycles. The summed E-state index contributed by atoms with van der Waals surface area (Å²) in [6.07, 6.45) is 0. The fraction of sp³-hybridized carbons (Fsp3) is 0.250. The summed E-state index contributed by atoms with van der Waals surface area (Å²) in [5.41, 5.74) is 6.50. The summed E-state index contributed by atoms with van der Waals surface area (Å²) >= 11 is 0. The summed E-state index contributed by atoms with van der Waals surface area (Å²) in [4.78, 5) is 12.8. The van der Waals surface area contributed by atoms with E-state index in [1.807, 2.05) is 39.8 Å². The molecule has 2 aromatic carbocycles. The lowest BCUT2D eigenvalue weighted by Gasteiger charge is -2.13. The summed E-state index contributed by atoms with van der Waals surface area (Å²) in [6.45, 7) is 10.0. The molecule has 0 unspecified atom stereocenters. The standard InChI is InChI=1S/C20H21NO2/c1-11-9-12(2)18(13(3)10-11)21-20(22)17-8-6-7-16-14(4)15(5)23-19(16)17/h6-10H,1-5H3,(H,21,22). The van der Waals surface area contributed by atoms with Gasteiger partial charge >= 0.3 is 0 Å². The van der Waals surface area contributed by atoms with Crippen LogP contribution in [0.4, 0.5) is 5.69 Å². The van der Waals surface area contributed by atoms with Gasteiger partial charge in [0, 0.05) is 11.1 Å². The molecule has 1 amide bonds. The Bertz CT molecular complexity index is 896. The zero-order valence-electron chi connectivity index (χ0n) is 14.2. The van der Waals surface area contributed by atoms with Crippen LogP contribution in [0.2, 0.25) is 0 Å². The third kappa shape index (κ3) is 2.63.